The van der Waals surface area contributed by atoms with Gasteiger partial charge in [-0.25, -0.2) is 0 Å². The summed E-state index contributed by atoms with van der Waals surface area (Å²) in [5.41, 5.74) is 1.97. The predicted molar refractivity (Wildman–Crippen MR) is 143 cm³/mol. The number of nitro benzene ring substituents is 1. The van der Waals surface area contributed by atoms with Crippen molar-refractivity contribution in [2.45, 2.75) is 39.3 Å². The molecule has 0 aromatic heterocycles. The molecule has 0 aliphatic carbocycles. The van der Waals surface area contributed by atoms with Crippen LogP contribution in [0.5, 0.6) is 0 Å². The van der Waals surface area contributed by atoms with Gasteiger partial charge in [-0.05, 0) is 29.2 Å². The van der Waals surface area contributed by atoms with Gasteiger partial charge in [0.2, 0.25) is 11.8 Å². The highest BCUT2D eigenvalue weighted by Crippen LogP contribution is 2.22. The van der Waals surface area contributed by atoms with Gasteiger partial charge in [0.15, 0.2) is 0 Å². The van der Waals surface area contributed by atoms with E-state index in [1.54, 1.807) is 23.1 Å². The maximum absolute atomic E-state index is 13.7. The number of amides is 2. The Kier molecular flexibility index (Phi) is 9.76. The summed E-state index contributed by atoms with van der Waals surface area (Å²) in [5.74, 6) is -0.359. The summed E-state index contributed by atoms with van der Waals surface area (Å²) in [7, 11) is 0. The lowest BCUT2D eigenvalue weighted by Crippen LogP contribution is -2.51. The highest BCUT2D eigenvalue weighted by atomic mass is 79.9. The van der Waals surface area contributed by atoms with Crippen molar-refractivity contribution >= 4 is 33.4 Å². The van der Waals surface area contributed by atoms with Crippen LogP contribution in [0, 0.1) is 16.0 Å². The van der Waals surface area contributed by atoms with Gasteiger partial charge >= 0.3 is 0 Å². The Bertz CT molecular complexity index is 1180. The number of rotatable bonds is 11. The first-order chi connectivity index (χ1) is 17.2. The molecule has 0 saturated heterocycles. The minimum absolute atomic E-state index is 0.113. The highest BCUT2D eigenvalue weighted by Gasteiger charge is 2.31. The Labute approximate surface area is 219 Å². The van der Waals surface area contributed by atoms with Crippen molar-refractivity contribution in [3.8, 4) is 0 Å². The molecule has 188 valence electrons. The number of carbonyl (C=O) groups is 2. The lowest BCUT2D eigenvalue weighted by molar-refractivity contribution is -0.385. The molecule has 0 unspecified atom stereocenters. The third-order valence-corrected chi connectivity index (χ3v) is 6.28. The van der Waals surface area contributed by atoms with Gasteiger partial charge in [0, 0.05) is 35.6 Å². The zero-order valence-corrected chi connectivity index (χ0v) is 22.0. The van der Waals surface area contributed by atoms with Crippen LogP contribution in [0.1, 0.15) is 30.5 Å². The molecule has 8 heteroatoms. The zero-order chi connectivity index (χ0) is 26.1. The number of benzene rings is 3. The molecular formula is C28H30BrN3O4. The molecule has 0 radical (unpaired) electrons. The number of carbonyl (C=O) groups excluding carboxylic acids is 2. The molecule has 2 amide bonds. The summed E-state index contributed by atoms with van der Waals surface area (Å²) >= 11 is 3.43. The number of nitrogens with one attached hydrogen (secondary N) is 1. The van der Waals surface area contributed by atoms with Crippen molar-refractivity contribution in [2.24, 2.45) is 5.92 Å². The van der Waals surface area contributed by atoms with Gasteiger partial charge in [0.1, 0.15) is 6.04 Å². The first-order valence-corrected chi connectivity index (χ1v) is 12.6. The smallest absolute Gasteiger partial charge is 0.273 e. The quantitative estimate of drug-likeness (QED) is 0.258. The fraction of sp³-hybridized carbons (Fsp3) is 0.286. The van der Waals surface area contributed by atoms with Crippen LogP contribution in [0.25, 0.3) is 0 Å². The molecule has 3 aromatic carbocycles. The average molecular weight is 552 g/mol. The topological polar surface area (TPSA) is 92.6 Å². The number of para-hydroxylation sites is 1. The molecule has 0 spiro atoms. The van der Waals surface area contributed by atoms with Crippen LogP contribution < -0.4 is 5.32 Å². The molecule has 0 aliphatic rings. The van der Waals surface area contributed by atoms with Crippen LogP contribution in [0.15, 0.2) is 83.3 Å². The Balaban J connectivity index is 1.99. The monoisotopic (exact) mass is 551 g/mol. The lowest BCUT2D eigenvalue weighted by Gasteiger charge is -2.32. The molecule has 36 heavy (non-hydrogen) atoms. The van der Waals surface area contributed by atoms with Gasteiger partial charge in [-0.15, -0.1) is 0 Å². The minimum Gasteiger partial charge on any atom is -0.354 e. The second-order valence-electron chi connectivity index (χ2n) is 9.06. The van der Waals surface area contributed by atoms with Crippen LogP contribution >= 0.6 is 15.9 Å². The fourth-order valence-electron chi connectivity index (χ4n) is 3.87. The Hall–Kier alpha value is -3.52. The molecule has 7 nitrogen and oxygen atoms in total. The number of nitrogens with zero attached hydrogens (tertiary/aromatic N) is 2. The number of hydrogen-bond donors (Lipinski definition) is 1. The summed E-state index contributed by atoms with van der Waals surface area (Å²) in [6.45, 7) is 4.69. The average Bonchev–Trinajstić information content (AvgIpc) is 2.86. The van der Waals surface area contributed by atoms with Gasteiger partial charge in [0.25, 0.3) is 5.69 Å². The van der Waals surface area contributed by atoms with E-state index in [1.807, 2.05) is 68.4 Å². The Morgan fingerprint density at radius 1 is 0.944 bits per heavy atom. The molecule has 0 bridgehead atoms. The van der Waals surface area contributed by atoms with Crippen LogP contribution in [-0.2, 0) is 29.0 Å². The number of halogens is 1. The first kappa shape index (κ1) is 27.1. The van der Waals surface area contributed by atoms with Gasteiger partial charge in [-0.1, -0.05) is 90.4 Å². The minimum atomic E-state index is -0.787. The van der Waals surface area contributed by atoms with E-state index in [4.69, 9.17) is 0 Å². The molecule has 3 aromatic rings. The molecule has 1 N–H and O–H groups in total. The summed E-state index contributed by atoms with van der Waals surface area (Å²) in [4.78, 5) is 39.8. The van der Waals surface area contributed by atoms with Crippen LogP contribution in [0.2, 0.25) is 0 Å². The van der Waals surface area contributed by atoms with Crippen molar-refractivity contribution in [1.29, 1.82) is 0 Å². The van der Waals surface area contributed by atoms with Crippen LogP contribution in [0.3, 0.4) is 0 Å². The van der Waals surface area contributed by atoms with E-state index in [2.05, 4.69) is 21.2 Å². The van der Waals surface area contributed by atoms with Gasteiger partial charge < -0.3 is 10.2 Å². The summed E-state index contributed by atoms with van der Waals surface area (Å²) in [6, 6.07) is 22.5. The van der Waals surface area contributed by atoms with Crippen molar-refractivity contribution in [3.63, 3.8) is 0 Å². The SMILES string of the molecule is CC(C)CNC(=O)[C@H](Cc1ccccc1)N(Cc1ccc(Br)cc1)C(=O)Cc1ccccc1[N+](=O)[O-]. The van der Waals surface area contributed by atoms with Crippen LogP contribution in [-0.4, -0.2) is 34.2 Å². The van der Waals surface area contributed by atoms with E-state index in [9.17, 15) is 19.7 Å². The third kappa shape index (κ3) is 7.75. The second kappa shape index (κ2) is 13.0. The molecule has 0 saturated carbocycles. The molecule has 1 atom stereocenters. The predicted octanol–water partition coefficient (Wildman–Crippen LogP) is 5.31. The van der Waals surface area contributed by atoms with Crippen molar-refractivity contribution in [2.75, 3.05) is 6.54 Å². The third-order valence-electron chi connectivity index (χ3n) is 5.75. The summed E-state index contributed by atoms with van der Waals surface area (Å²) < 4.78 is 0.902. The van der Waals surface area contributed by atoms with Crippen molar-refractivity contribution in [1.82, 2.24) is 10.2 Å². The molecule has 0 fully saturated rings. The lowest BCUT2D eigenvalue weighted by atomic mass is 10.0. The molecule has 0 heterocycles. The zero-order valence-electron chi connectivity index (χ0n) is 20.4. The van der Waals surface area contributed by atoms with Gasteiger partial charge in [0.05, 0.1) is 11.3 Å². The second-order valence-corrected chi connectivity index (χ2v) is 9.97. The molecule has 3 rings (SSSR count). The Morgan fingerprint density at radius 3 is 2.22 bits per heavy atom. The Morgan fingerprint density at radius 2 is 1.58 bits per heavy atom. The number of hydrogen-bond acceptors (Lipinski definition) is 4. The summed E-state index contributed by atoms with van der Waals surface area (Å²) in [5, 5.41) is 14.5. The van der Waals surface area contributed by atoms with E-state index >= 15 is 0 Å². The largest absolute Gasteiger partial charge is 0.354 e. The maximum atomic E-state index is 13.7. The van der Waals surface area contributed by atoms with Crippen molar-refractivity contribution in [3.05, 3.63) is 110 Å². The van der Waals surface area contributed by atoms with E-state index in [0.717, 1.165) is 15.6 Å². The molecular weight excluding hydrogens is 522 g/mol. The maximum Gasteiger partial charge on any atom is 0.273 e. The van der Waals surface area contributed by atoms with E-state index in [-0.39, 0.29) is 36.4 Å². The molecule has 0 aliphatic heterocycles. The normalized spacial score (nSPS) is 11.7. The van der Waals surface area contributed by atoms with E-state index < -0.39 is 11.0 Å². The number of nitro groups is 1. The summed E-state index contributed by atoms with van der Waals surface area (Å²) in [6.07, 6.45) is 0.139. The van der Waals surface area contributed by atoms with Crippen molar-refractivity contribution < 1.29 is 14.5 Å². The standard InChI is InChI=1S/C28H30BrN3O4/c1-20(2)18-30-28(34)26(16-21-8-4-3-5-9-21)31(19-22-12-14-24(29)15-13-22)27(33)17-23-10-6-7-11-25(23)32(35)36/h3-15,20,26H,16-19H2,1-2H3,(H,30,34)/t26-/m0/s1. The van der Waals surface area contributed by atoms with Gasteiger partial charge in [-0.3, -0.25) is 19.7 Å². The first-order valence-electron chi connectivity index (χ1n) is 11.8. The van der Waals surface area contributed by atoms with Crippen LogP contribution in [0.4, 0.5) is 5.69 Å². The van der Waals surface area contributed by atoms with E-state index in [0.29, 0.717) is 18.5 Å². The highest BCUT2D eigenvalue weighted by molar-refractivity contribution is 9.10. The van der Waals surface area contributed by atoms with Gasteiger partial charge in [-0.2, -0.15) is 0 Å². The van der Waals surface area contributed by atoms with E-state index in [1.165, 1.54) is 6.07 Å². The fourth-order valence-corrected chi connectivity index (χ4v) is 4.13.